The summed E-state index contributed by atoms with van der Waals surface area (Å²) in [5.74, 6) is -0.439. The lowest BCUT2D eigenvalue weighted by Gasteiger charge is -2.12. The first-order valence-corrected chi connectivity index (χ1v) is 9.57. The van der Waals surface area contributed by atoms with Gasteiger partial charge in [-0.05, 0) is 48.7 Å². The van der Waals surface area contributed by atoms with Crippen molar-refractivity contribution in [2.24, 2.45) is 12.8 Å². The maximum atomic E-state index is 11.9. The second-order valence-corrected chi connectivity index (χ2v) is 8.24. The van der Waals surface area contributed by atoms with Crippen LogP contribution in [-0.4, -0.2) is 30.1 Å². The quantitative estimate of drug-likeness (QED) is 0.778. The van der Waals surface area contributed by atoms with E-state index in [4.69, 9.17) is 5.73 Å². The van der Waals surface area contributed by atoms with Gasteiger partial charge in [0, 0.05) is 18.9 Å². The Hall–Kier alpha value is -2.67. The molecular formula is C18H19N3O3S. The predicted molar refractivity (Wildman–Crippen MR) is 97.3 cm³/mol. The molecule has 0 aliphatic carbocycles. The van der Waals surface area contributed by atoms with Crippen molar-refractivity contribution < 1.29 is 13.2 Å². The van der Waals surface area contributed by atoms with Crippen LogP contribution in [0.5, 0.6) is 0 Å². The molecule has 130 valence electrons. The highest BCUT2D eigenvalue weighted by atomic mass is 32.2. The molecule has 1 aromatic heterocycles. The number of carbonyl (C=O) groups is 1. The third-order valence-electron chi connectivity index (χ3n) is 4.47. The van der Waals surface area contributed by atoms with Gasteiger partial charge in [0.1, 0.15) is 0 Å². The van der Waals surface area contributed by atoms with Crippen LogP contribution >= 0.6 is 0 Å². The minimum Gasteiger partial charge on any atom is -0.363 e. The molecular weight excluding hydrogens is 338 g/mol. The number of nitrogens with zero attached hydrogens (tertiary/aromatic N) is 2. The Labute approximate surface area is 146 Å². The summed E-state index contributed by atoms with van der Waals surface area (Å²) in [5.41, 5.74) is 10.4. The summed E-state index contributed by atoms with van der Waals surface area (Å²) < 4.78 is 25.5. The van der Waals surface area contributed by atoms with E-state index >= 15 is 0 Å². The Balaban J connectivity index is 2.42. The second-order valence-electron chi connectivity index (χ2n) is 6.22. The Bertz CT molecular complexity index is 1130. The van der Waals surface area contributed by atoms with Gasteiger partial charge in [0.15, 0.2) is 15.7 Å². The van der Waals surface area contributed by atoms with Crippen LogP contribution in [0.2, 0.25) is 0 Å². The molecule has 0 aliphatic heterocycles. The molecule has 0 saturated heterocycles. The fraction of sp³-hybridized carbons (Fsp3) is 0.222. The smallest absolute Gasteiger partial charge is 0.284 e. The van der Waals surface area contributed by atoms with Crippen LogP contribution in [0.25, 0.3) is 22.2 Å². The molecule has 25 heavy (non-hydrogen) atoms. The molecule has 0 radical (unpaired) electrons. The van der Waals surface area contributed by atoms with Gasteiger partial charge in [0.25, 0.3) is 5.91 Å². The minimum absolute atomic E-state index is 0.167. The Morgan fingerprint density at radius 3 is 2.48 bits per heavy atom. The van der Waals surface area contributed by atoms with E-state index in [-0.39, 0.29) is 10.7 Å². The van der Waals surface area contributed by atoms with E-state index in [1.54, 1.807) is 29.8 Å². The molecule has 7 heteroatoms. The maximum absolute atomic E-state index is 11.9. The molecule has 0 spiro atoms. The van der Waals surface area contributed by atoms with E-state index < -0.39 is 15.7 Å². The topological polar surface area (TPSA) is 95.0 Å². The summed E-state index contributed by atoms with van der Waals surface area (Å²) in [7, 11) is -1.59. The van der Waals surface area contributed by atoms with Crippen LogP contribution in [0.1, 0.15) is 21.7 Å². The van der Waals surface area contributed by atoms with Crippen molar-refractivity contribution in [1.82, 2.24) is 9.55 Å². The van der Waals surface area contributed by atoms with Gasteiger partial charge in [-0.1, -0.05) is 12.1 Å². The van der Waals surface area contributed by atoms with Crippen LogP contribution in [-0.2, 0) is 16.9 Å². The van der Waals surface area contributed by atoms with Crippen molar-refractivity contribution >= 4 is 26.8 Å². The van der Waals surface area contributed by atoms with Crippen molar-refractivity contribution in [3.63, 3.8) is 0 Å². The molecule has 2 N–H and O–H groups in total. The number of sulfone groups is 1. The van der Waals surface area contributed by atoms with Gasteiger partial charge in [-0.2, -0.15) is 0 Å². The van der Waals surface area contributed by atoms with Crippen LogP contribution in [0.4, 0.5) is 0 Å². The first-order chi connectivity index (χ1) is 11.6. The zero-order chi connectivity index (χ0) is 18.5. The van der Waals surface area contributed by atoms with Gasteiger partial charge in [-0.25, -0.2) is 13.4 Å². The summed E-state index contributed by atoms with van der Waals surface area (Å²) in [4.78, 5) is 16.3. The Kier molecular flexibility index (Phi) is 3.91. The first kappa shape index (κ1) is 17.2. The molecule has 0 unspecified atom stereocenters. The normalized spacial score (nSPS) is 11.8. The molecule has 3 aromatic rings. The van der Waals surface area contributed by atoms with E-state index in [0.29, 0.717) is 5.52 Å². The number of hydrogen-bond acceptors (Lipinski definition) is 4. The highest BCUT2D eigenvalue weighted by molar-refractivity contribution is 7.90. The molecule has 1 heterocycles. The molecule has 0 bridgehead atoms. The van der Waals surface area contributed by atoms with Crippen LogP contribution < -0.4 is 5.73 Å². The Morgan fingerprint density at radius 1 is 1.20 bits per heavy atom. The number of fused-ring (bicyclic) bond motifs is 1. The summed E-state index contributed by atoms with van der Waals surface area (Å²) in [6.45, 7) is 3.92. The summed E-state index contributed by atoms with van der Waals surface area (Å²) in [5, 5.41) is 0. The zero-order valence-electron chi connectivity index (χ0n) is 14.5. The molecule has 0 fully saturated rings. The second kappa shape index (κ2) is 5.70. The van der Waals surface area contributed by atoms with Crippen molar-refractivity contribution in [2.75, 3.05) is 6.26 Å². The number of carbonyl (C=O) groups excluding carboxylic acids is 1. The SMILES string of the molecule is Cc1cc2c(nc(C(N)=O)n2C)c(-c2cccc(S(C)(=O)=O)c2)c1C. The van der Waals surface area contributed by atoms with Gasteiger partial charge in [-0.3, -0.25) is 4.79 Å². The average Bonchev–Trinajstić information content (AvgIpc) is 2.85. The van der Waals surface area contributed by atoms with Crippen molar-refractivity contribution in [3.05, 3.63) is 47.3 Å². The Morgan fingerprint density at radius 2 is 1.88 bits per heavy atom. The van der Waals surface area contributed by atoms with Crippen molar-refractivity contribution in [1.29, 1.82) is 0 Å². The molecule has 2 aromatic carbocycles. The van der Waals surface area contributed by atoms with E-state index in [1.165, 1.54) is 6.26 Å². The summed E-state index contributed by atoms with van der Waals surface area (Å²) in [6, 6.07) is 8.70. The summed E-state index contributed by atoms with van der Waals surface area (Å²) in [6.07, 6.45) is 1.18. The lowest BCUT2D eigenvalue weighted by molar-refractivity contribution is 0.0988. The van der Waals surface area contributed by atoms with Gasteiger partial charge < -0.3 is 10.3 Å². The van der Waals surface area contributed by atoms with Crippen LogP contribution in [0.3, 0.4) is 0 Å². The monoisotopic (exact) mass is 357 g/mol. The fourth-order valence-electron chi connectivity index (χ4n) is 3.00. The predicted octanol–water partition coefficient (Wildman–Crippen LogP) is 2.36. The number of benzene rings is 2. The number of rotatable bonds is 3. The summed E-state index contributed by atoms with van der Waals surface area (Å²) >= 11 is 0. The van der Waals surface area contributed by atoms with Gasteiger partial charge in [0.05, 0.1) is 15.9 Å². The van der Waals surface area contributed by atoms with Gasteiger partial charge >= 0.3 is 0 Å². The van der Waals surface area contributed by atoms with Gasteiger partial charge in [0.2, 0.25) is 0 Å². The van der Waals surface area contributed by atoms with Gasteiger partial charge in [-0.15, -0.1) is 0 Å². The standard InChI is InChI=1S/C18H19N3O3S/c1-10-8-14-16(20-18(17(19)22)21(14)3)15(11(10)2)12-6-5-7-13(9-12)25(4,23)24/h5-9H,1-4H3,(H2,19,22). The number of aryl methyl sites for hydroxylation is 2. The first-order valence-electron chi connectivity index (χ1n) is 7.68. The minimum atomic E-state index is -3.33. The third kappa shape index (κ3) is 2.80. The number of nitrogens with two attached hydrogens (primary N) is 1. The molecule has 0 aliphatic rings. The largest absolute Gasteiger partial charge is 0.363 e. The van der Waals surface area contributed by atoms with Crippen molar-refractivity contribution in [2.45, 2.75) is 18.7 Å². The molecule has 1 amide bonds. The van der Waals surface area contributed by atoms with E-state index in [0.717, 1.165) is 27.8 Å². The number of aromatic nitrogens is 2. The lowest BCUT2D eigenvalue weighted by atomic mass is 9.95. The van der Waals surface area contributed by atoms with E-state index in [9.17, 15) is 13.2 Å². The molecule has 6 nitrogen and oxygen atoms in total. The van der Waals surface area contributed by atoms with E-state index in [2.05, 4.69) is 4.98 Å². The van der Waals surface area contributed by atoms with Crippen LogP contribution in [0, 0.1) is 13.8 Å². The van der Waals surface area contributed by atoms with E-state index in [1.807, 2.05) is 26.0 Å². The third-order valence-corrected chi connectivity index (χ3v) is 5.58. The van der Waals surface area contributed by atoms with Crippen molar-refractivity contribution in [3.8, 4) is 11.1 Å². The number of imidazole rings is 1. The zero-order valence-corrected chi connectivity index (χ0v) is 15.3. The number of amides is 1. The fourth-order valence-corrected chi connectivity index (χ4v) is 3.67. The van der Waals surface area contributed by atoms with Crippen LogP contribution in [0.15, 0.2) is 35.2 Å². The lowest BCUT2D eigenvalue weighted by Crippen LogP contribution is -2.16. The molecule has 0 saturated carbocycles. The molecule has 3 rings (SSSR count). The number of primary amides is 1. The maximum Gasteiger partial charge on any atom is 0.284 e. The average molecular weight is 357 g/mol. The highest BCUT2D eigenvalue weighted by Crippen LogP contribution is 2.34. The molecule has 0 atom stereocenters. The number of hydrogen-bond donors (Lipinski definition) is 1. The highest BCUT2D eigenvalue weighted by Gasteiger charge is 2.19.